The summed E-state index contributed by atoms with van der Waals surface area (Å²) in [5, 5.41) is 3.92. The van der Waals surface area contributed by atoms with Crippen LogP contribution in [0.15, 0.2) is 34.8 Å². The number of nitrogens with one attached hydrogen (secondary N) is 1. The van der Waals surface area contributed by atoms with Crippen molar-refractivity contribution in [2.75, 3.05) is 26.7 Å². The van der Waals surface area contributed by atoms with Crippen LogP contribution in [0.4, 0.5) is 4.39 Å². The van der Waals surface area contributed by atoms with Crippen LogP contribution >= 0.6 is 27.5 Å². The number of methoxy groups -OCH3 is 1. The molecule has 0 aromatic heterocycles. The van der Waals surface area contributed by atoms with Gasteiger partial charge < -0.3 is 14.8 Å². The van der Waals surface area contributed by atoms with E-state index in [1.165, 1.54) is 31.5 Å². The summed E-state index contributed by atoms with van der Waals surface area (Å²) >= 11 is 9.79. The van der Waals surface area contributed by atoms with Crippen LogP contribution in [0.2, 0.25) is 5.02 Å². The number of likely N-dealkylation sites (tertiary alicyclic amines) is 1. The molecule has 3 rings (SSSR count). The fraction of sp³-hybridized carbons (Fsp3) is 0.455. The standard InChI is InChI=1S/C22H27BrClFN2O2/c1-3-27-10-4-5-17(27)12-26-13-18-19(23)8-9-21(28-2)22(18)29-14-15-6-7-16(25)11-20(15)24/h6-9,11,17,26H,3-5,10,12-14H2,1-2H3. The molecule has 0 amide bonds. The number of likely N-dealkylation sites (N-methyl/N-ethyl adjacent to an activating group) is 1. The third-order valence-corrected chi connectivity index (χ3v) is 6.46. The second-order valence-corrected chi connectivity index (χ2v) is 8.40. The van der Waals surface area contributed by atoms with Gasteiger partial charge in [0.2, 0.25) is 0 Å². The van der Waals surface area contributed by atoms with Crippen molar-refractivity contribution in [1.29, 1.82) is 0 Å². The van der Waals surface area contributed by atoms with Crippen molar-refractivity contribution in [2.24, 2.45) is 0 Å². The largest absolute Gasteiger partial charge is 0.493 e. The van der Waals surface area contributed by atoms with Crippen molar-refractivity contribution in [3.63, 3.8) is 0 Å². The third-order valence-electron chi connectivity index (χ3n) is 5.36. The van der Waals surface area contributed by atoms with Crippen molar-refractivity contribution >= 4 is 27.5 Å². The molecule has 1 N–H and O–H groups in total. The Morgan fingerprint density at radius 3 is 2.86 bits per heavy atom. The maximum absolute atomic E-state index is 13.3. The normalized spacial score (nSPS) is 16.9. The first-order valence-corrected chi connectivity index (χ1v) is 11.1. The van der Waals surface area contributed by atoms with E-state index in [9.17, 15) is 4.39 Å². The van der Waals surface area contributed by atoms with Crippen LogP contribution in [0.3, 0.4) is 0 Å². The highest BCUT2D eigenvalue weighted by Gasteiger charge is 2.23. The van der Waals surface area contributed by atoms with E-state index < -0.39 is 0 Å². The fourth-order valence-electron chi connectivity index (χ4n) is 3.76. The Morgan fingerprint density at radius 1 is 1.31 bits per heavy atom. The van der Waals surface area contributed by atoms with Crippen molar-refractivity contribution in [1.82, 2.24) is 10.2 Å². The zero-order valence-corrected chi connectivity index (χ0v) is 19.2. The molecular weight excluding hydrogens is 459 g/mol. The molecule has 0 spiro atoms. The van der Waals surface area contributed by atoms with Gasteiger partial charge >= 0.3 is 0 Å². The summed E-state index contributed by atoms with van der Waals surface area (Å²) in [6.07, 6.45) is 2.49. The van der Waals surface area contributed by atoms with Gasteiger partial charge in [0.05, 0.1) is 12.1 Å². The van der Waals surface area contributed by atoms with Crippen LogP contribution in [0.1, 0.15) is 30.9 Å². The average molecular weight is 486 g/mol. The highest BCUT2D eigenvalue weighted by Crippen LogP contribution is 2.37. The molecule has 0 radical (unpaired) electrons. The smallest absolute Gasteiger partial charge is 0.167 e. The molecule has 1 heterocycles. The van der Waals surface area contributed by atoms with Crippen LogP contribution in [0, 0.1) is 5.82 Å². The Kier molecular flexibility index (Phi) is 8.18. The van der Waals surface area contributed by atoms with E-state index in [-0.39, 0.29) is 12.4 Å². The quantitative estimate of drug-likeness (QED) is 0.515. The number of hydrogen-bond donors (Lipinski definition) is 1. The Bertz CT molecular complexity index is 837. The number of halogens is 3. The summed E-state index contributed by atoms with van der Waals surface area (Å²) in [5.41, 5.74) is 1.71. The third kappa shape index (κ3) is 5.63. The first-order valence-electron chi connectivity index (χ1n) is 9.90. The van der Waals surface area contributed by atoms with E-state index >= 15 is 0 Å². The van der Waals surface area contributed by atoms with Gasteiger partial charge in [0.1, 0.15) is 12.4 Å². The van der Waals surface area contributed by atoms with Gasteiger partial charge in [0.15, 0.2) is 11.5 Å². The lowest BCUT2D eigenvalue weighted by molar-refractivity contribution is 0.258. The van der Waals surface area contributed by atoms with Gasteiger partial charge in [-0.2, -0.15) is 0 Å². The lowest BCUT2D eigenvalue weighted by atomic mass is 10.1. The molecule has 1 aliphatic rings. The topological polar surface area (TPSA) is 33.7 Å². The van der Waals surface area contributed by atoms with Gasteiger partial charge in [-0.3, -0.25) is 4.90 Å². The fourth-order valence-corrected chi connectivity index (χ4v) is 4.44. The second-order valence-electron chi connectivity index (χ2n) is 7.14. The van der Waals surface area contributed by atoms with E-state index in [4.69, 9.17) is 21.1 Å². The van der Waals surface area contributed by atoms with Gasteiger partial charge in [-0.05, 0) is 50.2 Å². The van der Waals surface area contributed by atoms with Crippen LogP contribution in [-0.2, 0) is 13.2 Å². The molecule has 0 aliphatic carbocycles. The molecule has 0 saturated carbocycles. The number of rotatable bonds is 9. The summed E-state index contributed by atoms with van der Waals surface area (Å²) < 4.78 is 25.9. The Balaban J connectivity index is 1.72. The Hall–Kier alpha value is -1.34. The van der Waals surface area contributed by atoms with Gasteiger partial charge in [0.25, 0.3) is 0 Å². The van der Waals surface area contributed by atoms with E-state index in [0.717, 1.165) is 28.7 Å². The van der Waals surface area contributed by atoms with E-state index in [1.54, 1.807) is 13.2 Å². The Morgan fingerprint density at radius 2 is 2.14 bits per heavy atom. The lowest BCUT2D eigenvalue weighted by Crippen LogP contribution is -2.37. The highest BCUT2D eigenvalue weighted by molar-refractivity contribution is 9.10. The van der Waals surface area contributed by atoms with Crippen LogP contribution < -0.4 is 14.8 Å². The molecule has 1 aliphatic heterocycles. The minimum Gasteiger partial charge on any atom is -0.493 e. The predicted octanol–water partition coefficient (Wildman–Crippen LogP) is 5.40. The monoisotopic (exact) mass is 484 g/mol. The zero-order chi connectivity index (χ0) is 20.8. The summed E-state index contributed by atoms with van der Waals surface area (Å²) in [4.78, 5) is 2.52. The molecule has 1 fully saturated rings. The molecule has 158 valence electrons. The van der Waals surface area contributed by atoms with Gasteiger partial charge in [-0.1, -0.05) is 40.5 Å². The second kappa shape index (κ2) is 10.6. The first kappa shape index (κ1) is 22.3. The SMILES string of the molecule is CCN1CCCC1CNCc1c(Br)ccc(OC)c1OCc1ccc(F)cc1Cl. The minimum absolute atomic E-state index is 0.227. The minimum atomic E-state index is -0.364. The summed E-state index contributed by atoms with van der Waals surface area (Å²) in [5.74, 6) is 0.949. The van der Waals surface area contributed by atoms with Crippen LogP contribution in [-0.4, -0.2) is 37.7 Å². The van der Waals surface area contributed by atoms with Gasteiger partial charge in [-0.25, -0.2) is 4.39 Å². The number of nitrogens with zero attached hydrogens (tertiary/aromatic N) is 1. The number of hydrogen-bond acceptors (Lipinski definition) is 4. The predicted molar refractivity (Wildman–Crippen MR) is 118 cm³/mol. The Labute approximate surface area is 185 Å². The summed E-state index contributed by atoms with van der Waals surface area (Å²) in [7, 11) is 1.62. The molecular formula is C22H27BrClFN2O2. The zero-order valence-electron chi connectivity index (χ0n) is 16.8. The molecule has 29 heavy (non-hydrogen) atoms. The van der Waals surface area contributed by atoms with E-state index in [2.05, 4.69) is 33.1 Å². The molecule has 1 atom stereocenters. The van der Waals surface area contributed by atoms with E-state index in [1.807, 2.05) is 12.1 Å². The van der Waals surface area contributed by atoms with Crippen LogP contribution in [0.5, 0.6) is 11.5 Å². The summed E-state index contributed by atoms with van der Waals surface area (Å²) in [6.45, 7) is 6.29. The average Bonchev–Trinajstić information content (AvgIpc) is 3.16. The molecule has 1 saturated heterocycles. The molecule has 2 aromatic carbocycles. The molecule has 4 nitrogen and oxygen atoms in total. The van der Waals surface area contributed by atoms with Crippen LogP contribution in [0.25, 0.3) is 0 Å². The first-order chi connectivity index (χ1) is 14.0. The number of ether oxygens (including phenoxy) is 2. The van der Waals surface area contributed by atoms with Gasteiger partial charge in [-0.15, -0.1) is 0 Å². The van der Waals surface area contributed by atoms with Crippen molar-refractivity contribution in [3.05, 3.63) is 56.8 Å². The molecule has 1 unspecified atom stereocenters. The van der Waals surface area contributed by atoms with Gasteiger partial charge in [0, 0.05) is 34.7 Å². The highest BCUT2D eigenvalue weighted by atomic mass is 79.9. The maximum Gasteiger partial charge on any atom is 0.167 e. The van der Waals surface area contributed by atoms with Crippen molar-refractivity contribution in [2.45, 2.75) is 39.0 Å². The van der Waals surface area contributed by atoms with Crippen molar-refractivity contribution < 1.29 is 13.9 Å². The maximum atomic E-state index is 13.3. The van der Waals surface area contributed by atoms with E-state index in [0.29, 0.717) is 29.1 Å². The molecule has 0 bridgehead atoms. The lowest BCUT2D eigenvalue weighted by Gasteiger charge is -2.23. The van der Waals surface area contributed by atoms with Crippen molar-refractivity contribution in [3.8, 4) is 11.5 Å². The number of benzene rings is 2. The molecule has 7 heteroatoms. The summed E-state index contributed by atoms with van der Waals surface area (Å²) in [6, 6.07) is 8.71. The molecule has 2 aromatic rings.